The lowest BCUT2D eigenvalue weighted by molar-refractivity contribution is -0.119. The lowest BCUT2D eigenvalue weighted by atomic mass is 10.1. The van der Waals surface area contributed by atoms with Crippen molar-refractivity contribution in [1.82, 2.24) is 0 Å². The predicted octanol–water partition coefficient (Wildman–Crippen LogP) is 3.49. The summed E-state index contributed by atoms with van der Waals surface area (Å²) < 4.78 is 10.9. The summed E-state index contributed by atoms with van der Waals surface area (Å²) in [6.07, 6.45) is 1.83. The largest absolute Gasteiger partial charge is 0.486 e. The van der Waals surface area contributed by atoms with Crippen LogP contribution in [0.25, 0.3) is 0 Å². The van der Waals surface area contributed by atoms with Crippen LogP contribution in [-0.4, -0.2) is 19.1 Å². The number of anilines is 1. The molecule has 104 valence electrons. The van der Waals surface area contributed by atoms with Crippen LogP contribution in [-0.2, 0) is 4.79 Å². The van der Waals surface area contributed by atoms with Crippen molar-refractivity contribution in [3.8, 4) is 11.5 Å². The number of hydrogen-bond donors (Lipinski definition) is 1. The van der Waals surface area contributed by atoms with Crippen molar-refractivity contribution in [2.75, 3.05) is 18.5 Å². The third-order valence-corrected chi connectivity index (χ3v) is 3.37. The zero-order valence-electron chi connectivity index (χ0n) is 11.2. The van der Waals surface area contributed by atoms with E-state index in [2.05, 4.69) is 12.2 Å². The molecule has 0 aromatic heterocycles. The number of carbonyl (C=O) groups excluding carboxylic acids is 1. The molecular formula is C14H18ClNO3. The Morgan fingerprint density at radius 3 is 2.63 bits per heavy atom. The summed E-state index contributed by atoms with van der Waals surface area (Å²) in [6, 6.07) is 3.39. The van der Waals surface area contributed by atoms with Crippen molar-refractivity contribution < 1.29 is 14.3 Å². The van der Waals surface area contributed by atoms with Gasteiger partial charge in [0.05, 0.1) is 10.7 Å². The number of hydrogen-bond acceptors (Lipinski definition) is 3. The highest BCUT2D eigenvalue weighted by molar-refractivity contribution is 6.34. The third kappa shape index (κ3) is 3.32. The van der Waals surface area contributed by atoms with Crippen LogP contribution in [0.3, 0.4) is 0 Å². The highest BCUT2D eigenvalue weighted by Gasteiger charge is 2.18. The first-order chi connectivity index (χ1) is 9.11. The van der Waals surface area contributed by atoms with Gasteiger partial charge in [0.1, 0.15) is 13.2 Å². The molecule has 4 nitrogen and oxygen atoms in total. The number of halogens is 1. The molecule has 0 fully saturated rings. The Kier molecular flexibility index (Phi) is 4.53. The Bertz CT molecular complexity index is 476. The molecule has 1 aliphatic heterocycles. The predicted molar refractivity (Wildman–Crippen MR) is 75.1 cm³/mol. The minimum atomic E-state index is -0.0331. The molecule has 0 aliphatic carbocycles. The first-order valence-corrected chi connectivity index (χ1v) is 6.89. The first kappa shape index (κ1) is 14.0. The molecule has 0 saturated heterocycles. The Morgan fingerprint density at radius 2 is 2.00 bits per heavy atom. The molecule has 0 spiro atoms. The second kappa shape index (κ2) is 6.15. The summed E-state index contributed by atoms with van der Waals surface area (Å²) >= 11 is 6.14. The Hall–Kier alpha value is -1.42. The van der Waals surface area contributed by atoms with E-state index in [9.17, 15) is 4.79 Å². The molecule has 1 aromatic rings. The molecule has 1 atom stereocenters. The molecule has 1 N–H and O–H groups in total. The lowest BCUT2D eigenvalue weighted by Gasteiger charge is -2.20. The van der Waals surface area contributed by atoms with Crippen LogP contribution in [0.2, 0.25) is 5.02 Å². The summed E-state index contributed by atoms with van der Waals surface area (Å²) in [4.78, 5) is 12.0. The van der Waals surface area contributed by atoms with Crippen molar-refractivity contribution in [3.05, 3.63) is 17.2 Å². The van der Waals surface area contributed by atoms with Gasteiger partial charge in [-0.1, -0.05) is 31.9 Å². The molecule has 19 heavy (non-hydrogen) atoms. The van der Waals surface area contributed by atoms with Gasteiger partial charge in [-0.25, -0.2) is 0 Å². The summed E-state index contributed by atoms with van der Waals surface area (Å²) in [5, 5.41) is 3.30. The van der Waals surface area contributed by atoms with E-state index in [1.54, 1.807) is 12.1 Å². The number of carbonyl (C=O) groups is 1. The molecule has 0 saturated carbocycles. The summed E-state index contributed by atoms with van der Waals surface area (Å²) in [6.45, 7) is 4.99. The van der Waals surface area contributed by atoms with Crippen LogP contribution in [0.15, 0.2) is 12.1 Å². The number of ether oxygens (including phenoxy) is 2. The topological polar surface area (TPSA) is 47.6 Å². The Labute approximate surface area is 118 Å². The van der Waals surface area contributed by atoms with Crippen molar-refractivity contribution in [3.63, 3.8) is 0 Å². The standard InChI is InChI=1S/C14H18ClNO3/c1-3-4-9(2)14(17)16-11-8-13-12(7-10(11)15)18-5-6-19-13/h7-9H,3-6H2,1-2H3,(H,16,17). The van der Waals surface area contributed by atoms with E-state index in [1.165, 1.54) is 0 Å². The fourth-order valence-corrected chi connectivity index (χ4v) is 2.18. The van der Waals surface area contributed by atoms with Gasteiger partial charge in [0, 0.05) is 18.1 Å². The van der Waals surface area contributed by atoms with E-state index in [0.29, 0.717) is 35.4 Å². The number of benzene rings is 1. The number of fused-ring (bicyclic) bond motifs is 1. The third-order valence-electron chi connectivity index (χ3n) is 3.06. The number of nitrogens with one attached hydrogen (secondary N) is 1. The van der Waals surface area contributed by atoms with Crippen molar-refractivity contribution in [1.29, 1.82) is 0 Å². The smallest absolute Gasteiger partial charge is 0.227 e. The van der Waals surface area contributed by atoms with Crippen LogP contribution in [0.4, 0.5) is 5.69 Å². The maximum absolute atomic E-state index is 12.0. The van der Waals surface area contributed by atoms with E-state index in [1.807, 2.05) is 6.92 Å². The van der Waals surface area contributed by atoms with Gasteiger partial charge in [-0.05, 0) is 6.42 Å². The lowest BCUT2D eigenvalue weighted by Crippen LogP contribution is -2.21. The van der Waals surface area contributed by atoms with Gasteiger partial charge in [0.2, 0.25) is 5.91 Å². The normalized spacial score (nSPS) is 14.9. The van der Waals surface area contributed by atoms with Gasteiger partial charge in [-0.15, -0.1) is 0 Å². The van der Waals surface area contributed by atoms with Crippen LogP contribution >= 0.6 is 11.6 Å². The van der Waals surface area contributed by atoms with E-state index in [0.717, 1.165) is 12.8 Å². The van der Waals surface area contributed by atoms with Gasteiger partial charge >= 0.3 is 0 Å². The number of rotatable bonds is 4. The highest BCUT2D eigenvalue weighted by atomic mass is 35.5. The maximum atomic E-state index is 12.0. The van der Waals surface area contributed by atoms with Gasteiger partial charge in [-0.2, -0.15) is 0 Å². The van der Waals surface area contributed by atoms with Crippen LogP contribution in [0, 0.1) is 5.92 Å². The summed E-state index contributed by atoms with van der Waals surface area (Å²) in [7, 11) is 0. The van der Waals surface area contributed by atoms with Gasteiger partial charge in [0.25, 0.3) is 0 Å². The average Bonchev–Trinajstić information content (AvgIpc) is 2.39. The first-order valence-electron chi connectivity index (χ1n) is 6.51. The van der Waals surface area contributed by atoms with Gasteiger partial charge in [-0.3, -0.25) is 4.79 Å². The zero-order chi connectivity index (χ0) is 13.8. The van der Waals surface area contributed by atoms with E-state index in [4.69, 9.17) is 21.1 Å². The second-order valence-electron chi connectivity index (χ2n) is 4.65. The molecule has 1 amide bonds. The molecule has 1 unspecified atom stereocenters. The van der Waals surface area contributed by atoms with E-state index >= 15 is 0 Å². The zero-order valence-corrected chi connectivity index (χ0v) is 11.9. The highest BCUT2D eigenvalue weighted by Crippen LogP contribution is 2.38. The van der Waals surface area contributed by atoms with Crippen LogP contribution in [0.1, 0.15) is 26.7 Å². The van der Waals surface area contributed by atoms with Crippen molar-refractivity contribution >= 4 is 23.2 Å². The van der Waals surface area contributed by atoms with Crippen molar-refractivity contribution in [2.45, 2.75) is 26.7 Å². The molecule has 0 radical (unpaired) electrons. The second-order valence-corrected chi connectivity index (χ2v) is 5.06. The molecule has 0 bridgehead atoms. The summed E-state index contributed by atoms with van der Waals surface area (Å²) in [5.41, 5.74) is 0.568. The Morgan fingerprint density at radius 1 is 1.37 bits per heavy atom. The van der Waals surface area contributed by atoms with Gasteiger partial charge < -0.3 is 14.8 Å². The number of amides is 1. The quantitative estimate of drug-likeness (QED) is 0.920. The molecule has 1 heterocycles. The minimum absolute atomic E-state index is 0.0274. The maximum Gasteiger partial charge on any atom is 0.227 e. The van der Waals surface area contributed by atoms with E-state index in [-0.39, 0.29) is 11.8 Å². The molecule has 1 aliphatic rings. The van der Waals surface area contributed by atoms with Crippen LogP contribution in [0.5, 0.6) is 11.5 Å². The molecule has 2 rings (SSSR count). The SMILES string of the molecule is CCCC(C)C(=O)Nc1cc2c(cc1Cl)OCCO2. The fraction of sp³-hybridized carbons (Fsp3) is 0.500. The van der Waals surface area contributed by atoms with Gasteiger partial charge in [0.15, 0.2) is 11.5 Å². The fourth-order valence-electron chi connectivity index (χ4n) is 1.98. The monoisotopic (exact) mass is 283 g/mol. The molecule has 5 heteroatoms. The molecular weight excluding hydrogens is 266 g/mol. The molecule has 1 aromatic carbocycles. The van der Waals surface area contributed by atoms with Crippen LogP contribution < -0.4 is 14.8 Å². The van der Waals surface area contributed by atoms with Crippen molar-refractivity contribution in [2.24, 2.45) is 5.92 Å². The Balaban J connectivity index is 2.14. The minimum Gasteiger partial charge on any atom is -0.486 e. The average molecular weight is 284 g/mol. The summed E-state index contributed by atoms with van der Waals surface area (Å²) in [5.74, 6) is 1.18. The van der Waals surface area contributed by atoms with E-state index < -0.39 is 0 Å².